The van der Waals surface area contributed by atoms with Gasteiger partial charge in [-0.1, -0.05) is 13.3 Å². The van der Waals surface area contributed by atoms with Gasteiger partial charge in [0.1, 0.15) is 0 Å². The first-order valence-corrected chi connectivity index (χ1v) is 5.69. The Hall–Kier alpha value is -0.570. The first kappa shape index (κ1) is 9.97. The Labute approximate surface area is 85.4 Å². The van der Waals surface area contributed by atoms with Crippen molar-refractivity contribution in [3.63, 3.8) is 0 Å². The van der Waals surface area contributed by atoms with E-state index >= 15 is 0 Å². The molecule has 0 aromatic rings. The second-order valence-corrected chi connectivity index (χ2v) is 4.99. The lowest BCUT2D eigenvalue weighted by Crippen LogP contribution is -2.39. The Kier molecular flexibility index (Phi) is 2.77. The molecule has 0 heterocycles. The number of amides is 1. The van der Waals surface area contributed by atoms with Gasteiger partial charge in [-0.25, -0.2) is 0 Å². The van der Waals surface area contributed by atoms with E-state index in [-0.39, 0.29) is 11.8 Å². The fraction of sp³-hybridized carbons (Fsp3) is 0.909. The van der Waals surface area contributed by atoms with Gasteiger partial charge < -0.3 is 11.1 Å². The van der Waals surface area contributed by atoms with E-state index in [1.807, 2.05) is 6.92 Å². The summed E-state index contributed by atoms with van der Waals surface area (Å²) in [4.78, 5) is 10.8. The SMILES string of the molecule is CC(CNC1CC2CCC1C2)C(N)=O. The zero-order valence-electron chi connectivity index (χ0n) is 8.83. The third-order valence-electron chi connectivity index (χ3n) is 3.91. The maximum absolute atomic E-state index is 10.8. The van der Waals surface area contributed by atoms with Gasteiger partial charge in [-0.05, 0) is 31.1 Å². The average Bonchev–Trinajstić information content (AvgIpc) is 2.74. The molecule has 0 saturated heterocycles. The molecule has 0 aliphatic heterocycles. The topological polar surface area (TPSA) is 55.1 Å². The monoisotopic (exact) mass is 196 g/mol. The standard InChI is InChI=1S/C11H20N2O/c1-7(11(12)14)6-13-10-5-8-2-3-9(10)4-8/h7-10,13H,2-6H2,1H3,(H2,12,14). The summed E-state index contributed by atoms with van der Waals surface area (Å²) in [6.45, 7) is 2.64. The van der Waals surface area contributed by atoms with Crippen LogP contribution in [0.5, 0.6) is 0 Å². The molecule has 2 bridgehead atoms. The number of carbonyl (C=O) groups is 1. The molecule has 2 fully saturated rings. The smallest absolute Gasteiger partial charge is 0.221 e. The molecule has 3 nitrogen and oxygen atoms in total. The van der Waals surface area contributed by atoms with Crippen LogP contribution in [0.25, 0.3) is 0 Å². The van der Waals surface area contributed by atoms with Crippen molar-refractivity contribution in [3.05, 3.63) is 0 Å². The van der Waals surface area contributed by atoms with E-state index in [4.69, 9.17) is 5.73 Å². The summed E-state index contributed by atoms with van der Waals surface area (Å²) in [7, 11) is 0. The van der Waals surface area contributed by atoms with Crippen molar-refractivity contribution in [1.82, 2.24) is 5.32 Å². The maximum atomic E-state index is 10.8. The van der Waals surface area contributed by atoms with E-state index < -0.39 is 0 Å². The molecule has 3 heteroatoms. The van der Waals surface area contributed by atoms with Crippen LogP contribution >= 0.6 is 0 Å². The van der Waals surface area contributed by atoms with E-state index in [1.165, 1.54) is 25.7 Å². The van der Waals surface area contributed by atoms with Crippen LogP contribution < -0.4 is 11.1 Å². The Morgan fingerprint density at radius 1 is 1.50 bits per heavy atom. The summed E-state index contributed by atoms with van der Waals surface area (Å²) in [6.07, 6.45) is 5.53. The van der Waals surface area contributed by atoms with Gasteiger partial charge in [-0.3, -0.25) is 4.79 Å². The van der Waals surface area contributed by atoms with Gasteiger partial charge in [0.05, 0.1) is 0 Å². The maximum Gasteiger partial charge on any atom is 0.221 e. The number of hydrogen-bond donors (Lipinski definition) is 2. The number of nitrogens with two attached hydrogens (primary N) is 1. The fourth-order valence-electron chi connectivity index (χ4n) is 2.92. The Morgan fingerprint density at radius 2 is 2.29 bits per heavy atom. The number of nitrogens with one attached hydrogen (secondary N) is 1. The van der Waals surface area contributed by atoms with E-state index in [0.717, 1.165) is 18.4 Å². The third kappa shape index (κ3) is 1.92. The fourth-order valence-corrected chi connectivity index (χ4v) is 2.92. The first-order chi connectivity index (χ1) is 6.66. The molecule has 3 N–H and O–H groups in total. The van der Waals surface area contributed by atoms with E-state index in [0.29, 0.717) is 6.04 Å². The molecule has 0 aromatic heterocycles. The minimum Gasteiger partial charge on any atom is -0.369 e. The summed E-state index contributed by atoms with van der Waals surface area (Å²) < 4.78 is 0. The highest BCUT2D eigenvalue weighted by Gasteiger charge is 2.39. The number of fused-ring (bicyclic) bond motifs is 2. The lowest BCUT2D eigenvalue weighted by Gasteiger charge is -2.24. The van der Waals surface area contributed by atoms with Crippen LogP contribution in [0.2, 0.25) is 0 Å². The summed E-state index contributed by atoms with van der Waals surface area (Å²) >= 11 is 0. The van der Waals surface area contributed by atoms with Crippen molar-refractivity contribution in [3.8, 4) is 0 Å². The highest BCUT2D eigenvalue weighted by Crippen LogP contribution is 2.44. The molecule has 4 atom stereocenters. The van der Waals surface area contributed by atoms with Crippen molar-refractivity contribution in [1.29, 1.82) is 0 Å². The van der Waals surface area contributed by atoms with Gasteiger partial charge in [0.2, 0.25) is 5.91 Å². The lowest BCUT2D eigenvalue weighted by atomic mass is 9.95. The van der Waals surface area contributed by atoms with Gasteiger partial charge >= 0.3 is 0 Å². The molecule has 2 saturated carbocycles. The van der Waals surface area contributed by atoms with Gasteiger partial charge in [-0.15, -0.1) is 0 Å². The van der Waals surface area contributed by atoms with Crippen molar-refractivity contribution in [2.45, 2.75) is 38.6 Å². The van der Waals surface area contributed by atoms with Crippen molar-refractivity contribution in [2.24, 2.45) is 23.5 Å². The highest BCUT2D eigenvalue weighted by atomic mass is 16.1. The summed E-state index contributed by atoms with van der Waals surface area (Å²) in [6, 6.07) is 0.663. The number of hydrogen-bond acceptors (Lipinski definition) is 2. The van der Waals surface area contributed by atoms with Crippen LogP contribution in [0.1, 0.15) is 32.6 Å². The zero-order valence-corrected chi connectivity index (χ0v) is 8.83. The number of carbonyl (C=O) groups excluding carboxylic acids is 1. The van der Waals surface area contributed by atoms with Crippen LogP contribution in [0, 0.1) is 17.8 Å². The van der Waals surface area contributed by atoms with Gasteiger partial charge in [0.25, 0.3) is 0 Å². The Bertz CT molecular complexity index is 229. The molecule has 80 valence electrons. The Morgan fingerprint density at radius 3 is 2.79 bits per heavy atom. The second-order valence-electron chi connectivity index (χ2n) is 4.99. The first-order valence-electron chi connectivity index (χ1n) is 5.69. The number of primary amides is 1. The molecule has 2 aliphatic carbocycles. The predicted molar refractivity (Wildman–Crippen MR) is 55.6 cm³/mol. The molecule has 2 aliphatic rings. The minimum atomic E-state index is -0.194. The van der Waals surface area contributed by atoms with E-state index in [1.54, 1.807) is 0 Å². The molecule has 14 heavy (non-hydrogen) atoms. The molecule has 0 aromatic carbocycles. The van der Waals surface area contributed by atoms with E-state index in [2.05, 4.69) is 5.32 Å². The van der Waals surface area contributed by atoms with Crippen LogP contribution in [-0.4, -0.2) is 18.5 Å². The normalized spacial score (nSPS) is 37.4. The minimum absolute atomic E-state index is 0.0332. The lowest BCUT2D eigenvalue weighted by molar-refractivity contribution is -0.121. The van der Waals surface area contributed by atoms with Crippen molar-refractivity contribution >= 4 is 5.91 Å². The summed E-state index contributed by atoms with van der Waals surface area (Å²) in [5.41, 5.74) is 5.22. The van der Waals surface area contributed by atoms with Crippen LogP contribution in [-0.2, 0) is 4.79 Å². The van der Waals surface area contributed by atoms with Gasteiger partial charge in [0.15, 0.2) is 0 Å². The van der Waals surface area contributed by atoms with Crippen LogP contribution in [0.15, 0.2) is 0 Å². The van der Waals surface area contributed by atoms with Gasteiger partial charge in [0, 0.05) is 18.5 Å². The molecular weight excluding hydrogens is 176 g/mol. The average molecular weight is 196 g/mol. The predicted octanol–water partition coefficient (Wildman–Crippen LogP) is 0.886. The summed E-state index contributed by atoms with van der Waals surface area (Å²) in [5.74, 6) is 1.61. The molecule has 2 rings (SSSR count). The molecule has 0 radical (unpaired) electrons. The second kappa shape index (κ2) is 3.89. The Balaban J connectivity index is 1.74. The molecule has 4 unspecified atom stereocenters. The zero-order chi connectivity index (χ0) is 10.1. The molecular formula is C11H20N2O. The number of rotatable bonds is 4. The quantitative estimate of drug-likeness (QED) is 0.701. The van der Waals surface area contributed by atoms with Crippen LogP contribution in [0.4, 0.5) is 0 Å². The van der Waals surface area contributed by atoms with Crippen LogP contribution in [0.3, 0.4) is 0 Å². The van der Waals surface area contributed by atoms with Gasteiger partial charge in [-0.2, -0.15) is 0 Å². The highest BCUT2D eigenvalue weighted by molar-refractivity contribution is 5.76. The summed E-state index contributed by atoms with van der Waals surface area (Å²) in [5, 5.41) is 3.49. The largest absolute Gasteiger partial charge is 0.369 e. The van der Waals surface area contributed by atoms with Crippen molar-refractivity contribution < 1.29 is 4.79 Å². The molecule has 0 spiro atoms. The molecule has 1 amide bonds. The van der Waals surface area contributed by atoms with E-state index in [9.17, 15) is 4.79 Å². The third-order valence-corrected chi connectivity index (χ3v) is 3.91. The van der Waals surface area contributed by atoms with Crippen molar-refractivity contribution in [2.75, 3.05) is 6.54 Å².